The third kappa shape index (κ3) is 6.16. The molecule has 0 saturated heterocycles. The molecule has 12 heteroatoms. The Bertz CT molecular complexity index is 679. The molecule has 0 radical (unpaired) electrons. The van der Waals surface area contributed by atoms with Crippen LogP contribution in [0.3, 0.4) is 0 Å². The fourth-order valence-corrected chi connectivity index (χ4v) is 4.51. The SMILES string of the molecule is O=C(NCCCCCC(O)(P(=O)(O)O)P(=O)(O)O)c1cccc(Cl)c1. The Balaban J connectivity index is 2.42. The van der Waals surface area contributed by atoms with E-state index in [-0.39, 0.29) is 25.3 Å². The standard InChI is InChI=1S/C13H20ClNO8P2/c14-11-6-4-5-10(9-11)12(16)15-8-3-1-2-7-13(17,24(18,19)20)25(21,22)23/h4-6,9,17H,1-3,7-8H2,(H,15,16)(H2,18,19,20)(H2,21,22,23). The van der Waals surface area contributed by atoms with Crippen molar-refractivity contribution in [2.24, 2.45) is 0 Å². The van der Waals surface area contributed by atoms with Gasteiger partial charge in [-0.1, -0.05) is 24.1 Å². The van der Waals surface area contributed by atoms with Crippen LogP contribution in [0.25, 0.3) is 0 Å². The largest absolute Gasteiger partial charge is 0.369 e. The number of unbranched alkanes of at least 4 members (excludes halogenated alkanes) is 2. The molecule has 0 atom stereocenters. The van der Waals surface area contributed by atoms with Gasteiger partial charge in [0.05, 0.1) is 0 Å². The van der Waals surface area contributed by atoms with E-state index in [1.165, 1.54) is 6.07 Å². The van der Waals surface area contributed by atoms with Gasteiger partial charge in [-0.3, -0.25) is 13.9 Å². The molecule has 1 amide bonds. The molecular formula is C13H20ClNO8P2. The highest BCUT2D eigenvalue weighted by atomic mass is 35.5. The van der Waals surface area contributed by atoms with Crippen LogP contribution in [0.2, 0.25) is 5.02 Å². The van der Waals surface area contributed by atoms with Crippen LogP contribution in [-0.4, -0.2) is 42.2 Å². The van der Waals surface area contributed by atoms with Crippen molar-refractivity contribution in [3.8, 4) is 0 Å². The number of rotatable bonds is 9. The zero-order chi connectivity index (χ0) is 19.3. The van der Waals surface area contributed by atoms with Gasteiger partial charge in [0.25, 0.3) is 11.0 Å². The lowest BCUT2D eigenvalue weighted by atomic mass is 10.2. The monoisotopic (exact) mass is 415 g/mol. The van der Waals surface area contributed by atoms with Crippen molar-refractivity contribution in [1.29, 1.82) is 0 Å². The van der Waals surface area contributed by atoms with E-state index in [1.807, 2.05) is 0 Å². The Morgan fingerprint density at radius 2 is 1.68 bits per heavy atom. The van der Waals surface area contributed by atoms with Crippen LogP contribution in [0.5, 0.6) is 0 Å². The minimum absolute atomic E-state index is 0.0419. The number of benzene rings is 1. The van der Waals surface area contributed by atoms with E-state index in [4.69, 9.17) is 31.2 Å². The molecule has 0 bridgehead atoms. The first-order valence-electron chi connectivity index (χ1n) is 7.26. The van der Waals surface area contributed by atoms with E-state index >= 15 is 0 Å². The van der Waals surface area contributed by atoms with E-state index in [9.17, 15) is 19.0 Å². The molecule has 25 heavy (non-hydrogen) atoms. The van der Waals surface area contributed by atoms with E-state index < -0.39 is 26.7 Å². The Hall–Kier alpha value is -0.760. The summed E-state index contributed by atoms with van der Waals surface area (Å²) in [4.78, 5) is 47.8. The van der Waals surface area contributed by atoms with Gasteiger partial charge >= 0.3 is 15.2 Å². The van der Waals surface area contributed by atoms with Gasteiger partial charge in [-0.15, -0.1) is 0 Å². The quantitative estimate of drug-likeness (QED) is 0.261. The van der Waals surface area contributed by atoms with E-state index in [2.05, 4.69) is 5.32 Å². The van der Waals surface area contributed by atoms with Crippen molar-refractivity contribution in [2.75, 3.05) is 6.54 Å². The van der Waals surface area contributed by atoms with Crippen LogP contribution in [0, 0.1) is 0 Å². The van der Waals surface area contributed by atoms with Crippen molar-refractivity contribution in [3.63, 3.8) is 0 Å². The summed E-state index contributed by atoms with van der Waals surface area (Å²) in [7, 11) is -10.8. The van der Waals surface area contributed by atoms with Gasteiger partial charge in [0.2, 0.25) is 0 Å². The first kappa shape index (κ1) is 22.3. The number of carbonyl (C=O) groups excluding carboxylic acids is 1. The van der Waals surface area contributed by atoms with Gasteiger partial charge in [-0.2, -0.15) is 0 Å². The minimum atomic E-state index is -5.42. The second kappa shape index (κ2) is 8.75. The lowest BCUT2D eigenvalue weighted by molar-refractivity contribution is 0.0952. The highest BCUT2D eigenvalue weighted by Gasteiger charge is 2.58. The number of hydrogen-bond donors (Lipinski definition) is 6. The second-order valence-electron chi connectivity index (χ2n) is 5.44. The third-order valence-electron chi connectivity index (χ3n) is 3.49. The van der Waals surface area contributed by atoms with Crippen LogP contribution >= 0.6 is 26.8 Å². The predicted molar refractivity (Wildman–Crippen MR) is 91.3 cm³/mol. The molecule has 0 fully saturated rings. The van der Waals surface area contributed by atoms with Crippen molar-refractivity contribution in [3.05, 3.63) is 34.9 Å². The average molecular weight is 416 g/mol. The molecule has 0 spiro atoms. The first-order valence-corrected chi connectivity index (χ1v) is 10.9. The zero-order valence-electron chi connectivity index (χ0n) is 13.1. The fraction of sp³-hybridized carbons (Fsp3) is 0.462. The Morgan fingerprint density at radius 3 is 2.20 bits per heavy atom. The molecule has 6 N–H and O–H groups in total. The minimum Gasteiger partial charge on any atom is -0.368 e. The Labute approximate surface area is 149 Å². The molecule has 0 aromatic heterocycles. The Kier molecular flexibility index (Phi) is 7.80. The second-order valence-corrected chi connectivity index (χ2v) is 9.88. The average Bonchev–Trinajstić information content (AvgIpc) is 2.47. The number of carbonyl (C=O) groups is 1. The van der Waals surface area contributed by atoms with Crippen LogP contribution in [0.4, 0.5) is 0 Å². The molecule has 0 aliphatic carbocycles. The fourth-order valence-electron chi connectivity index (χ4n) is 2.06. The highest BCUT2D eigenvalue weighted by molar-refractivity contribution is 7.72. The molecule has 0 unspecified atom stereocenters. The highest BCUT2D eigenvalue weighted by Crippen LogP contribution is 2.69. The summed E-state index contributed by atoms with van der Waals surface area (Å²) >= 11 is 5.78. The molecular weight excluding hydrogens is 396 g/mol. The summed E-state index contributed by atoms with van der Waals surface area (Å²) in [6.45, 7) is 0.246. The lowest BCUT2D eigenvalue weighted by Crippen LogP contribution is -2.28. The van der Waals surface area contributed by atoms with Crippen LogP contribution in [0.15, 0.2) is 24.3 Å². The summed E-state index contributed by atoms with van der Waals surface area (Å²) in [5.41, 5.74) is 0.380. The number of halogens is 1. The van der Waals surface area contributed by atoms with Gasteiger partial charge in [0.15, 0.2) is 0 Å². The summed E-state index contributed by atoms with van der Waals surface area (Å²) in [6, 6.07) is 6.34. The maximum atomic E-state index is 11.8. The predicted octanol–water partition coefficient (Wildman–Crippen LogP) is 1.63. The van der Waals surface area contributed by atoms with E-state index in [0.717, 1.165) is 0 Å². The number of hydrogen-bond acceptors (Lipinski definition) is 4. The number of nitrogens with one attached hydrogen (secondary N) is 1. The van der Waals surface area contributed by atoms with Crippen molar-refractivity contribution in [2.45, 2.75) is 30.8 Å². The summed E-state index contributed by atoms with van der Waals surface area (Å²) < 4.78 is 22.4. The molecule has 1 aromatic carbocycles. The van der Waals surface area contributed by atoms with Gasteiger partial charge in [-0.05, 0) is 37.5 Å². The van der Waals surface area contributed by atoms with Crippen molar-refractivity contribution in [1.82, 2.24) is 5.32 Å². The molecule has 0 heterocycles. The Morgan fingerprint density at radius 1 is 1.08 bits per heavy atom. The van der Waals surface area contributed by atoms with Gasteiger partial charge in [-0.25, -0.2) is 0 Å². The summed E-state index contributed by atoms with van der Waals surface area (Å²) in [6.07, 6.45) is -0.119. The molecule has 0 aliphatic rings. The van der Waals surface area contributed by atoms with Crippen molar-refractivity contribution < 1.29 is 38.6 Å². The number of amides is 1. The van der Waals surface area contributed by atoms with Crippen LogP contribution < -0.4 is 5.32 Å². The van der Waals surface area contributed by atoms with Gasteiger partial charge < -0.3 is 30.0 Å². The molecule has 0 saturated carbocycles. The smallest absolute Gasteiger partial charge is 0.368 e. The maximum absolute atomic E-state index is 11.8. The maximum Gasteiger partial charge on any atom is 0.369 e. The van der Waals surface area contributed by atoms with Crippen LogP contribution in [-0.2, 0) is 9.13 Å². The van der Waals surface area contributed by atoms with E-state index in [1.54, 1.807) is 18.2 Å². The normalized spacial score (nSPS) is 12.9. The van der Waals surface area contributed by atoms with Gasteiger partial charge in [0, 0.05) is 17.1 Å². The van der Waals surface area contributed by atoms with Crippen molar-refractivity contribution >= 4 is 32.7 Å². The zero-order valence-corrected chi connectivity index (χ0v) is 15.6. The molecule has 1 aromatic rings. The molecule has 9 nitrogen and oxygen atoms in total. The van der Waals surface area contributed by atoms with Crippen LogP contribution in [0.1, 0.15) is 36.0 Å². The molecule has 1 rings (SSSR count). The first-order chi connectivity index (χ1) is 11.4. The van der Waals surface area contributed by atoms with E-state index in [0.29, 0.717) is 17.0 Å². The van der Waals surface area contributed by atoms with Gasteiger partial charge in [0.1, 0.15) is 0 Å². The summed E-state index contributed by atoms with van der Waals surface area (Å²) in [5, 5.41) is 9.35. The molecule has 0 aliphatic heterocycles. The topological polar surface area (TPSA) is 164 Å². The lowest BCUT2D eigenvalue weighted by Gasteiger charge is -2.29. The third-order valence-corrected chi connectivity index (χ3v) is 7.61. The summed E-state index contributed by atoms with van der Waals surface area (Å²) in [5.74, 6) is -0.343. The number of aliphatic hydroxyl groups is 1. The molecule has 142 valence electrons.